The van der Waals surface area contributed by atoms with E-state index in [1.807, 2.05) is 24.3 Å². The van der Waals surface area contributed by atoms with Gasteiger partial charge >= 0.3 is 0 Å². The molecule has 0 saturated carbocycles. The normalized spacial score (nSPS) is 14.7. The summed E-state index contributed by atoms with van der Waals surface area (Å²) in [6.45, 7) is 0. The predicted molar refractivity (Wildman–Crippen MR) is 125 cm³/mol. The van der Waals surface area contributed by atoms with E-state index in [-0.39, 0.29) is 11.6 Å². The summed E-state index contributed by atoms with van der Waals surface area (Å²) in [6.07, 6.45) is 0. The van der Waals surface area contributed by atoms with Gasteiger partial charge in [0.2, 0.25) is 0 Å². The monoisotopic (exact) mass is 766 g/mol. The highest BCUT2D eigenvalue weighted by atomic mass is 127. The van der Waals surface area contributed by atoms with E-state index in [0.717, 1.165) is 25.3 Å². The lowest BCUT2D eigenvalue weighted by molar-refractivity contribution is 0.0885. The number of ketones is 2. The van der Waals surface area contributed by atoms with Crippen LogP contribution in [-0.2, 0) is 0 Å². The van der Waals surface area contributed by atoms with Crippen molar-refractivity contribution in [3.05, 3.63) is 55.5 Å². The first-order valence-corrected chi connectivity index (χ1v) is 11.1. The van der Waals surface area contributed by atoms with E-state index in [2.05, 4.69) is 100 Å². The topological polar surface area (TPSA) is 62.8 Å². The molecule has 0 saturated heterocycles. The Bertz CT molecular complexity index is 978. The van der Waals surface area contributed by atoms with Gasteiger partial charge in [0.15, 0.2) is 11.6 Å². The van der Waals surface area contributed by atoms with Gasteiger partial charge in [-0.15, -0.1) is 0 Å². The van der Waals surface area contributed by atoms with Gasteiger partial charge < -0.3 is 4.98 Å². The molecule has 0 spiro atoms. The molecule has 0 unspecified atom stereocenters. The number of benzene rings is 2. The maximum atomic E-state index is 13.0. The second-order valence-electron chi connectivity index (χ2n) is 5.31. The maximum Gasteiger partial charge on any atom is 0.183 e. The zero-order valence-electron chi connectivity index (χ0n) is 11.7. The van der Waals surface area contributed by atoms with Crippen molar-refractivity contribution in [3.63, 3.8) is 0 Å². The molecule has 2 aromatic carbocycles. The molecule has 24 heavy (non-hydrogen) atoms. The van der Waals surface area contributed by atoms with Crippen molar-refractivity contribution < 1.29 is 9.59 Å². The molecule has 1 aromatic heterocycles. The summed E-state index contributed by atoms with van der Waals surface area (Å²) in [5.41, 5.74) is 2.68. The van der Waals surface area contributed by atoms with Crippen molar-refractivity contribution in [1.82, 2.24) is 9.97 Å². The van der Waals surface area contributed by atoms with Crippen LogP contribution < -0.4 is 0 Å². The maximum absolute atomic E-state index is 13.0. The number of para-hydroxylation sites is 2. The quantitative estimate of drug-likeness (QED) is 0.162. The van der Waals surface area contributed by atoms with Crippen molar-refractivity contribution in [3.8, 4) is 0 Å². The number of aromatic amines is 1. The highest BCUT2D eigenvalue weighted by Gasteiger charge is 2.45. The number of halogens is 4. The average Bonchev–Trinajstić information content (AvgIpc) is 3.09. The SMILES string of the molecule is O=C1c2c(I)c(I)c(I)c(I)c2C(=O)C1c1nc2ccccc2[nH]1. The van der Waals surface area contributed by atoms with Crippen LogP contribution in [0.15, 0.2) is 24.3 Å². The van der Waals surface area contributed by atoms with Crippen LogP contribution in [0.4, 0.5) is 0 Å². The van der Waals surface area contributed by atoms with Crippen LogP contribution in [0.2, 0.25) is 0 Å². The number of nitrogens with zero attached hydrogens (tertiary/aromatic N) is 1. The van der Waals surface area contributed by atoms with Gasteiger partial charge in [-0.25, -0.2) is 4.98 Å². The van der Waals surface area contributed by atoms with Gasteiger partial charge in [-0.05, 0) is 102 Å². The van der Waals surface area contributed by atoms with Crippen LogP contribution >= 0.6 is 90.4 Å². The Balaban J connectivity index is 1.94. The minimum Gasteiger partial charge on any atom is -0.341 e. The zero-order valence-corrected chi connectivity index (χ0v) is 20.3. The van der Waals surface area contributed by atoms with Crippen molar-refractivity contribution in [1.29, 1.82) is 0 Å². The average molecular weight is 766 g/mol. The number of fused-ring (bicyclic) bond motifs is 2. The Hall–Kier alpha value is 0.170. The van der Waals surface area contributed by atoms with E-state index >= 15 is 0 Å². The minimum atomic E-state index is -0.872. The van der Waals surface area contributed by atoms with E-state index in [9.17, 15) is 9.59 Å². The number of carbonyl (C=O) groups is 2. The molecule has 0 atom stereocenters. The Morgan fingerprint density at radius 3 is 1.92 bits per heavy atom. The summed E-state index contributed by atoms with van der Waals surface area (Å²) in [4.78, 5) is 33.7. The molecule has 0 bridgehead atoms. The molecule has 4 nitrogen and oxygen atoms in total. The molecule has 0 aliphatic heterocycles. The van der Waals surface area contributed by atoms with Gasteiger partial charge in [-0.1, -0.05) is 12.1 Å². The third-order valence-corrected chi connectivity index (χ3v) is 11.4. The molecule has 0 amide bonds. The predicted octanol–water partition coefficient (Wildman–Crippen LogP) is 5.14. The summed E-state index contributed by atoms with van der Waals surface area (Å²) < 4.78 is 3.74. The molecule has 0 fully saturated rings. The van der Waals surface area contributed by atoms with E-state index < -0.39 is 5.92 Å². The highest BCUT2D eigenvalue weighted by Crippen LogP contribution is 2.42. The molecule has 120 valence electrons. The fourth-order valence-electron chi connectivity index (χ4n) is 2.86. The molecule has 4 rings (SSSR count). The molecule has 3 aromatic rings. The van der Waals surface area contributed by atoms with E-state index in [4.69, 9.17) is 0 Å². The van der Waals surface area contributed by atoms with Gasteiger partial charge in [0.25, 0.3) is 0 Å². The Morgan fingerprint density at radius 2 is 1.38 bits per heavy atom. The fourth-order valence-corrected chi connectivity index (χ4v) is 6.58. The molecule has 1 N–H and O–H groups in total. The highest BCUT2D eigenvalue weighted by molar-refractivity contribution is 14.1. The number of nitrogens with one attached hydrogen (secondary N) is 1. The number of hydrogen-bond donors (Lipinski definition) is 1. The number of imidazole rings is 1. The van der Waals surface area contributed by atoms with Gasteiger partial charge in [-0.3, -0.25) is 9.59 Å². The fraction of sp³-hybridized carbons (Fsp3) is 0.0625. The Morgan fingerprint density at radius 1 is 0.833 bits per heavy atom. The summed E-state index contributed by atoms with van der Waals surface area (Å²) >= 11 is 8.79. The second kappa shape index (κ2) is 6.40. The lowest BCUT2D eigenvalue weighted by Crippen LogP contribution is -2.14. The van der Waals surface area contributed by atoms with Crippen LogP contribution in [0.5, 0.6) is 0 Å². The van der Waals surface area contributed by atoms with Crippen LogP contribution in [-0.4, -0.2) is 21.5 Å². The number of H-pyrrole nitrogens is 1. The van der Waals surface area contributed by atoms with Crippen molar-refractivity contribution in [2.45, 2.75) is 5.92 Å². The Labute approximate surface area is 191 Å². The number of rotatable bonds is 1. The van der Waals surface area contributed by atoms with Gasteiger partial charge in [-0.2, -0.15) is 0 Å². The molecular formula is C16H6I4N2O2. The number of hydrogen-bond acceptors (Lipinski definition) is 3. The van der Waals surface area contributed by atoms with Crippen molar-refractivity contribution >= 4 is 113 Å². The third kappa shape index (κ3) is 2.49. The Kier molecular flexibility index (Phi) is 4.69. The standard InChI is InChI=1S/C16H6I4N2O2/c17-10-7-8(11(18)13(20)12(10)19)15(24)9(14(7)23)16-21-5-3-1-2-4-6(5)22-16/h1-4,9H,(H,21,22). The van der Waals surface area contributed by atoms with E-state index in [1.54, 1.807) is 0 Å². The molecule has 0 radical (unpaired) electrons. The minimum absolute atomic E-state index is 0.161. The zero-order chi connectivity index (χ0) is 17.2. The first kappa shape index (κ1) is 17.6. The number of Topliss-reactive ketones (excluding diaryl/α,β-unsaturated/α-hetero) is 2. The van der Waals surface area contributed by atoms with Crippen molar-refractivity contribution in [2.75, 3.05) is 0 Å². The van der Waals surface area contributed by atoms with Crippen LogP contribution in [0.3, 0.4) is 0 Å². The third-order valence-electron chi connectivity index (χ3n) is 3.97. The van der Waals surface area contributed by atoms with Gasteiger partial charge in [0.05, 0.1) is 11.0 Å². The largest absolute Gasteiger partial charge is 0.341 e. The second-order valence-corrected chi connectivity index (χ2v) is 9.62. The summed E-state index contributed by atoms with van der Waals surface area (Å²) in [5, 5.41) is 0. The van der Waals surface area contributed by atoms with E-state index in [0.29, 0.717) is 17.0 Å². The van der Waals surface area contributed by atoms with Gasteiger partial charge in [0.1, 0.15) is 11.7 Å². The summed E-state index contributed by atoms with van der Waals surface area (Å²) in [7, 11) is 0. The van der Waals surface area contributed by atoms with Gasteiger partial charge in [0, 0.05) is 25.4 Å². The molecule has 1 aliphatic carbocycles. The number of aromatic nitrogens is 2. The van der Waals surface area contributed by atoms with Crippen molar-refractivity contribution in [2.24, 2.45) is 0 Å². The summed E-state index contributed by atoms with van der Waals surface area (Å²) in [5.74, 6) is -0.765. The van der Waals surface area contributed by atoms with E-state index in [1.165, 1.54) is 0 Å². The first-order valence-electron chi connectivity index (χ1n) is 6.80. The molecular weight excluding hydrogens is 760 g/mol. The van der Waals surface area contributed by atoms with Crippen LogP contribution in [0, 0.1) is 14.3 Å². The lowest BCUT2D eigenvalue weighted by atomic mass is 10.0. The molecule has 1 heterocycles. The molecule has 8 heteroatoms. The lowest BCUT2D eigenvalue weighted by Gasteiger charge is -2.08. The molecule has 1 aliphatic rings. The summed E-state index contributed by atoms with van der Waals surface area (Å²) in [6, 6.07) is 7.54. The first-order chi connectivity index (χ1) is 11.4. The van der Waals surface area contributed by atoms with Crippen LogP contribution in [0.1, 0.15) is 32.5 Å². The van der Waals surface area contributed by atoms with Crippen LogP contribution in [0.25, 0.3) is 11.0 Å². The smallest absolute Gasteiger partial charge is 0.183 e. The number of carbonyl (C=O) groups excluding carboxylic acids is 2.